The van der Waals surface area contributed by atoms with E-state index in [1.165, 1.54) is 17.0 Å². The lowest BCUT2D eigenvalue weighted by Gasteiger charge is -2.36. The summed E-state index contributed by atoms with van der Waals surface area (Å²) in [5, 5.41) is 1.03. The molecule has 134 valence electrons. The van der Waals surface area contributed by atoms with E-state index in [0.717, 1.165) is 58.4 Å². The van der Waals surface area contributed by atoms with Crippen LogP contribution in [-0.2, 0) is 0 Å². The zero-order valence-corrected chi connectivity index (χ0v) is 16.1. The minimum absolute atomic E-state index is 0.121. The van der Waals surface area contributed by atoms with Crippen molar-refractivity contribution < 1.29 is 4.79 Å². The Hall–Kier alpha value is -2.47. The summed E-state index contributed by atoms with van der Waals surface area (Å²) in [6, 6.07) is 10.4. The third-order valence-electron chi connectivity index (χ3n) is 4.97. The summed E-state index contributed by atoms with van der Waals surface area (Å²) in [6.45, 7) is 9.10. The third-order valence-corrected chi connectivity index (χ3v) is 6.14. The Balaban J connectivity index is 1.55. The van der Waals surface area contributed by atoms with Gasteiger partial charge in [0.1, 0.15) is 10.7 Å². The van der Waals surface area contributed by atoms with Crippen molar-refractivity contribution >= 4 is 33.1 Å². The standard InChI is InChI=1S/C20H22N4OS/c1-13-17-14(2)21-15(3)22-19(17)26-18(13)20(25)24-11-9-23(10-12-24)16-7-5-4-6-8-16/h4-8H,9-12H2,1-3H3. The van der Waals surface area contributed by atoms with Crippen LogP contribution in [0, 0.1) is 20.8 Å². The molecule has 1 saturated heterocycles. The van der Waals surface area contributed by atoms with E-state index in [9.17, 15) is 4.79 Å². The quantitative estimate of drug-likeness (QED) is 0.696. The zero-order chi connectivity index (χ0) is 18.3. The van der Waals surface area contributed by atoms with Crippen molar-refractivity contribution in [3.63, 3.8) is 0 Å². The molecule has 3 aromatic rings. The van der Waals surface area contributed by atoms with Crippen molar-refractivity contribution in [2.24, 2.45) is 0 Å². The number of aryl methyl sites for hydroxylation is 3. The normalized spacial score (nSPS) is 14.9. The summed E-state index contributed by atoms with van der Waals surface area (Å²) in [5.41, 5.74) is 3.19. The molecular weight excluding hydrogens is 344 g/mol. The molecule has 0 unspecified atom stereocenters. The average Bonchev–Trinajstić information content (AvgIpc) is 2.98. The first-order valence-electron chi connectivity index (χ1n) is 8.88. The van der Waals surface area contributed by atoms with Gasteiger partial charge in [0, 0.05) is 42.9 Å². The number of piperazine rings is 1. The highest BCUT2D eigenvalue weighted by Crippen LogP contribution is 2.32. The van der Waals surface area contributed by atoms with E-state index in [-0.39, 0.29) is 5.91 Å². The number of hydrogen-bond acceptors (Lipinski definition) is 5. The minimum Gasteiger partial charge on any atom is -0.368 e. The Bertz CT molecular complexity index is 959. The summed E-state index contributed by atoms with van der Waals surface area (Å²) in [6.07, 6.45) is 0. The molecule has 3 heterocycles. The lowest BCUT2D eigenvalue weighted by Crippen LogP contribution is -2.48. The number of aromatic nitrogens is 2. The van der Waals surface area contributed by atoms with Gasteiger partial charge in [-0.25, -0.2) is 9.97 Å². The van der Waals surface area contributed by atoms with Crippen LogP contribution in [0.2, 0.25) is 0 Å². The highest BCUT2D eigenvalue weighted by molar-refractivity contribution is 7.20. The smallest absolute Gasteiger partial charge is 0.264 e. The van der Waals surface area contributed by atoms with Crippen LogP contribution >= 0.6 is 11.3 Å². The van der Waals surface area contributed by atoms with E-state index in [1.807, 2.05) is 31.7 Å². The van der Waals surface area contributed by atoms with Crippen LogP contribution in [0.25, 0.3) is 10.2 Å². The number of para-hydroxylation sites is 1. The van der Waals surface area contributed by atoms with Crippen molar-refractivity contribution in [2.45, 2.75) is 20.8 Å². The van der Waals surface area contributed by atoms with Crippen LogP contribution in [0.3, 0.4) is 0 Å². The molecular formula is C20H22N4OS. The van der Waals surface area contributed by atoms with Crippen molar-refractivity contribution in [3.8, 4) is 0 Å². The van der Waals surface area contributed by atoms with Crippen LogP contribution in [0.1, 0.15) is 26.8 Å². The predicted molar refractivity (Wildman–Crippen MR) is 106 cm³/mol. The number of fused-ring (bicyclic) bond motifs is 1. The van der Waals surface area contributed by atoms with Crippen LogP contribution in [0.5, 0.6) is 0 Å². The molecule has 1 aliphatic heterocycles. The second-order valence-electron chi connectivity index (χ2n) is 6.71. The van der Waals surface area contributed by atoms with Gasteiger partial charge >= 0.3 is 0 Å². The lowest BCUT2D eigenvalue weighted by atomic mass is 10.1. The van der Waals surface area contributed by atoms with Gasteiger partial charge in [0.15, 0.2) is 0 Å². The van der Waals surface area contributed by atoms with E-state index in [4.69, 9.17) is 0 Å². The largest absolute Gasteiger partial charge is 0.368 e. The van der Waals surface area contributed by atoms with Crippen LogP contribution < -0.4 is 4.90 Å². The molecule has 0 aliphatic carbocycles. The molecule has 26 heavy (non-hydrogen) atoms. The molecule has 1 fully saturated rings. The van der Waals surface area contributed by atoms with Crippen molar-refractivity contribution in [2.75, 3.05) is 31.1 Å². The van der Waals surface area contributed by atoms with Gasteiger partial charge < -0.3 is 9.80 Å². The minimum atomic E-state index is 0.121. The molecule has 2 aromatic heterocycles. The fourth-order valence-electron chi connectivity index (χ4n) is 3.63. The van der Waals surface area contributed by atoms with E-state index in [1.54, 1.807) is 0 Å². The molecule has 0 spiro atoms. The first kappa shape index (κ1) is 17.0. The molecule has 1 aliphatic rings. The zero-order valence-electron chi connectivity index (χ0n) is 15.3. The Morgan fingerprint density at radius 1 is 1.00 bits per heavy atom. The maximum atomic E-state index is 13.1. The Kier molecular flexibility index (Phi) is 4.36. The maximum Gasteiger partial charge on any atom is 0.264 e. The number of carbonyl (C=O) groups excluding carboxylic acids is 1. The van der Waals surface area contributed by atoms with Gasteiger partial charge in [-0.05, 0) is 38.5 Å². The Morgan fingerprint density at radius 3 is 2.38 bits per heavy atom. The number of benzene rings is 1. The van der Waals surface area contributed by atoms with Crippen LogP contribution in [0.15, 0.2) is 30.3 Å². The fraction of sp³-hybridized carbons (Fsp3) is 0.350. The summed E-state index contributed by atoms with van der Waals surface area (Å²) in [5.74, 6) is 0.877. The monoisotopic (exact) mass is 366 g/mol. The van der Waals surface area contributed by atoms with Gasteiger partial charge in [-0.2, -0.15) is 0 Å². The van der Waals surface area contributed by atoms with Gasteiger partial charge in [0.25, 0.3) is 5.91 Å². The molecule has 1 aromatic carbocycles. The lowest BCUT2D eigenvalue weighted by molar-refractivity contribution is 0.0751. The number of carbonyl (C=O) groups is 1. The molecule has 1 amide bonds. The summed E-state index contributed by atoms with van der Waals surface area (Å²) < 4.78 is 0. The average molecular weight is 366 g/mol. The summed E-state index contributed by atoms with van der Waals surface area (Å²) in [7, 11) is 0. The Morgan fingerprint density at radius 2 is 1.69 bits per heavy atom. The fourth-order valence-corrected chi connectivity index (χ4v) is 4.87. The van der Waals surface area contributed by atoms with Crippen LogP contribution in [-0.4, -0.2) is 47.0 Å². The maximum absolute atomic E-state index is 13.1. The topological polar surface area (TPSA) is 49.3 Å². The molecule has 0 radical (unpaired) electrons. The van der Waals surface area contributed by atoms with Gasteiger partial charge in [0.05, 0.1) is 4.88 Å². The van der Waals surface area contributed by atoms with E-state index >= 15 is 0 Å². The van der Waals surface area contributed by atoms with Gasteiger partial charge in [-0.1, -0.05) is 18.2 Å². The first-order valence-corrected chi connectivity index (χ1v) is 9.70. The second kappa shape index (κ2) is 6.68. The Labute approximate surface area is 157 Å². The van der Waals surface area contributed by atoms with Crippen molar-refractivity contribution in [1.29, 1.82) is 0 Å². The number of thiophene rings is 1. The number of anilines is 1. The first-order chi connectivity index (χ1) is 12.5. The SMILES string of the molecule is Cc1nc(C)c2c(C)c(C(=O)N3CCN(c4ccccc4)CC3)sc2n1. The number of hydrogen-bond donors (Lipinski definition) is 0. The third kappa shape index (κ3) is 2.94. The van der Waals surface area contributed by atoms with Gasteiger partial charge in [-0.3, -0.25) is 4.79 Å². The number of amides is 1. The molecule has 4 rings (SSSR count). The molecule has 5 nitrogen and oxygen atoms in total. The van der Waals surface area contributed by atoms with Crippen LogP contribution in [0.4, 0.5) is 5.69 Å². The number of rotatable bonds is 2. The van der Waals surface area contributed by atoms with Crippen molar-refractivity contribution in [1.82, 2.24) is 14.9 Å². The van der Waals surface area contributed by atoms with Crippen molar-refractivity contribution in [3.05, 3.63) is 52.3 Å². The number of nitrogens with zero attached hydrogens (tertiary/aromatic N) is 4. The predicted octanol–water partition coefficient (Wildman–Crippen LogP) is 3.58. The van der Waals surface area contributed by atoms with E-state index in [0.29, 0.717) is 0 Å². The highest BCUT2D eigenvalue weighted by atomic mass is 32.1. The molecule has 6 heteroatoms. The molecule has 0 N–H and O–H groups in total. The summed E-state index contributed by atoms with van der Waals surface area (Å²) in [4.78, 5) is 28.1. The highest BCUT2D eigenvalue weighted by Gasteiger charge is 2.26. The second-order valence-corrected chi connectivity index (χ2v) is 7.71. The molecule has 0 atom stereocenters. The molecule has 0 saturated carbocycles. The van der Waals surface area contributed by atoms with E-state index in [2.05, 4.69) is 39.1 Å². The summed E-state index contributed by atoms with van der Waals surface area (Å²) >= 11 is 1.50. The van der Waals surface area contributed by atoms with Gasteiger partial charge in [0.2, 0.25) is 0 Å². The van der Waals surface area contributed by atoms with Gasteiger partial charge in [-0.15, -0.1) is 11.3 Å². The molecule has 0 bridgehead atoms. The van der Waals surface area contributed by atoms with E-state index < -0.39 is 0 Å².